The van der Waals surface area contributed by atoms with Gasteiger partial charge < -0.3 is 14.2 Å². The van der Waals surface area contributed by atoms with E-state index in [0.717, 1.165) is 11.3 Å². The van der Waals surface area contributed by atoms with Gasteiger partial charge in [0.15, 0.2) is 17.3 Å². The lowest BCUT2D eigenvalue weighted by atomic mass is 10.1. The summed E-state index contributed by atoms with van der Waals surface area (Å²) >= 11 is 0. The van der Waals surface area contributed by atoms with Crippen molar-refractivity contribution in [3.05, 3.63) is 40.7 Å². The van der Waals surface area contributed by atoms with Crippen molar-refractivity contribution >= 4 is 11.9 Å². The molecule has 2 rings (SSSR count). The highest BCUT2D eigenvalue weighted by molar-refractivity contribution is 6.08. The van der Waals surface area contributed by atoms with Gasteiger partial charge in [-0.15, -0.1) is 0 Å². The van der Waals surface area contributed by atoms with Crippen LogP contribution in [-0.2, 0) is 7.05 Å². The number of nitrogens with zero attached hydrogens (tertiary/aromatic N) is 2. The van der Waals surface area contributed by atoms with Gasteiger partial charge >= 0.3 is 0 Å². The fraction of sp³-hybridized carbons (Fsp3) is 0.333. The lowest BCUT2D eigenvalue weighted by molar-refractivity contribution is 0.104. The average Bonchev–Trinajstić information content (AvgIpc) is 2.84. The Hall–Kier alpha value is -2.76. The van der Waals surface area contributed by atoms with Crippen molar-refractivity contribution in [1.82, 2.24) is 9.78 Å². The van der Waals surface area contributed by atoms with E-state index >= 15 is 0 Å². The molecule has 1 aromatic heterocycles. The molecule has 0 spiro atoms. The summed E-state index contributed by atoms with van der Waals surface area (Å²) in [6.07, 6.45) is 3.22. The Morgan fingerprint density at radius 3 is 2.12 bits per heavy atom. The molecule has 0 saturated carbocycles. The third kappa shape index (κ3) is 3.27. The predicted octanol–water partition coefficient (Wildman–Crippen LogP) is 2.96. The Labute approximate surface area is 141 Å². The maximum absolute atomic E-state index is 12.5. The molecule has 0 bridgehead atoms. The zero-order valence-corrected chi connectivity index (χ0v) is 14.8. The molecule has 0 amide bonds. The molecule has 1 aromatic carbocycles. The Balaban J connectivity index is 2.39. The maximum Gasteiger partial charge on any atom is 0.189 e. The highest BCUT2D eigenvalue weighted by Crippen LogP contribution is 2.35. The minimum atomic E-state index is -0.102. The number of aromatic nitrogens is 2. The van der Waals surface area contributed by atoms with Gasteiger partial charge in [-0.1, -0.05) is 0 Å². The predicted molar refractivity (Wildman–Crippen MR) is 92.1 cm³/mol. The summed E-state index contributed by atoms with van der Waals surface area (Å²) in [6.45, 7) is 3.70. The van der Waals surface area contributed by atoms with E-state index in [9.17, 15) is 4.79 Å². The van der Waals surface area contributed by atoms with Crippen molar-refractivity contribution < 1.29 is 19.0 Å². The first-order valence-electron chi connectivity index (χ1n) is 7.45. The SMILES string of the molecule is COc1cc(OC)c(OC)cc1C=CC(=O)c1c(C)nn(C)c1C. The minimum Gasteiger partial charge on any atom is -0.496 e. The molecule has 0 atom stereocenters. The normalized spacial score (nSPS) is 10.9. The largest absolute Gasteiger partial charge is 0.496 e. The number of methoxy groups -OCH3 is 3. The van der Waals surface area contributed by atoms with E-state index < -0.39 is 0 Å². The zero-order chi connectivity index (χ0) is 17.9. The summed E-state index contributed by atoms with van der Waals surface area (Å²) in [4.78, 5) is 12.5. The molecule has 0 fully saturated rings. The van der Waals surface area contributed by atoms with E-state index in [1.807, 2.05) is 20.9 Å². The van der Waals surface area contributed by atoms with Crippen LogP contribution in [0.25, 0.3) is 6.08 Å². The third-order valence-electron chi connectivity index (χ3n) is 3.91. The van der Waals surface area contributed by atoms with Gasteiger partial charge in [-0.25, -0.2) is 0 Å². The van der Waals surface area contributed by atoms with Gasteiger partial charge in [0.2, 0.25) is 0 Å². The van der Waals surface area contributed by atoms with E-state index in [2.05, 4.69) is 5.10 Å². The second kappa shape index (κ2) is 7.21. The number of ketones is 1. The first-order chi connectivity index (χ1) is 11.4. The van der Waals surface area contributed by atoms with Gasteiger partial charge in [0, 0.05) is 24.4 Å². The van der Waals surface area contributed by atoms with Crippen LogP contribution in [0.4, 0.5) is 0 Å². The van der Waals surface area contributed by atoms with Crippen molar-refractivity contribution in [2.24, 2.45) is 7.05 Å². The van der Waals surface area contributed by atoms with Gasteiger partial charge in [0.25, 0.3) is 0 Å². The Bertz CT molecular complexity index is 791. The molecule has 6 nitrogen and oxygen atoms in total. The van der Waals surface area contributed by atoms with E-state index in [1.165, 1.54) is 6.08 Å². The highest BCUT2D eigenvalue weighted by Gasteiger charge is 2.15. The lowest BCUT2D eigenvalue weighted by Crippen LogP contribution is -2.00. The van der Waals surface area contributed by atoms with Crippen LogP contribution in [0, 0.1) is 13.8 Å². The molecule has 1 heterocycles. The molecule has 0 unspecified atom stereocenters. The molecule has 0 N–H and O–H groups in total. The van der Waals surface area contributed by atoms with Crippen LogP contribution >= 0.6 is 0 Å². The Morgan fingerprint density at radius 1 is 1.04 bits per heavy atom. The van der Waals surface area contributed by atoms with Crippen LogP contribution in [0.5, 0.6) is 17.2 Å². The van der Waals surface area contributed by atoms with Crippen LogP contribution in [-0.4, -0.2) is 36.9 Å². The Morgan fingerprint density at radius 2 is 1.62 bits per heavy atom. The number of hydrogen-bond donors (Lipinski definition) is 0. The number of carbonyl (C=O) groups is 1. The Kier molecular flexibility index (Phi) is 5.28. The lowest BCUT2D eigenvalue weighted by Gasteiger charge is -2.12. The molecular weight excluding hydrogens is 308 g/mol. The van der Waals surface area contributed by atoms with Gasteiger partial charge in [-0.05, 0) is 32.1 Å². The first-order valence-corrected chi connectivity index (χ1v) is 7.45. The van der Waals surface area contributed by atoms with Crippen LogP contribution in [0.3, 0.4) is 0 Å². The fourth-order valence-electron chi connectivity index (χ4n) is 2.56. The minimum absolute atomic E-state index is 0.102. The van der Waals surface area contributed by atoms with Gasteiger partial charge in [-0.2, -0.15) is 5.10 Å². The number of benzene rings is 1. The van der Waals surface area contributed by atoms with Crippen molar-refractivity contribution in [3.8, 4) is 17.2 Å². The van der Waals surface area contributed by atoms with Crippen LogP contribution in [0.1, 0.15) is 27.3 Å². The van der Waals surface area contributed by atoms with Crippen LogP contribution < -0.4 is 14.2 Å². The molecule has 2 aromatic rings. The summed E-state index contributed by atoms with van der Waals surface area (Å²) in [5.41, 5.74) is 2.89. The van der Waals surface area contributed by atoms with E-state index in [4.69, 9.17) is 14.2 Å². The molecule has 24 heavy (non-hydrogen) atoms. The molecular formula is C18H22N2O4. The summed E-state index contributed by atoms with van der Waals surface area (Å²) in [7, 11) is 6.51. The summed E-state index contributed by atoms with van der Waals surface area (Å²) in [5.74, 6) is 1.63. The smallest absolute Gasteiger partial charge is 0.189 e. The molecule has 128 valence electrons. The quantitative estimate of drug-likeness (QED) is 0.602. The van der Waals surface area contributed by atoms with E-state index in [-0.39, 0.29) is 5.78 Å². The highest BCUT2D eigenvalue weighted by atomic mass is 16.5. The van der Waals surface area contributed by atoms with E-state index in [0.29, 0.717) is 28.5 Å². The average molecular weight is 330 g/mol. The second-order valence-electron chi connectivity index (χ2n) is 5.32. The van der Waals surface area contributed by atoms with Crippen molar-refractivity contribution in [2.45, 2.75) is 13.8 Å². The number of rotatable bonds is 6. The number of hydrogen-bond acceptors (Lipinski definition) is 5. The number of aryl methyl sites for hydroxylation is 2. The molecule has 0 aliphatic heterocycles. The molecule has 0 saturated heterocycles. The van der Waals surface area contributed by atoms with Crippen molar-refractivity contribution in [3.63, 3.8) is 0 Å². The monoisotopic (exact) mass is 330 g/mol. The van der Waals surface area contributed by atoms with Crippen LogP contribution in [0.15, 0.2) is 18.2 Å². The second-order valence-corrected chi connectivity index (χ2v) is 5.32. The summed E-state index contributed by atoms with van der Waals surface area (Å²) in [6, 6.07) is 3.49. The summed E-state index contributed by atoms with van der Waals surface area (Å²) in [5, 5.41) is 4.27. The maximum atomic E-state index is 12.5. The van der Waals surface area contributed by atoms with Crippen LogP contribution in [0.2, 0.25) is 0 Å². The third-order valence-corrected chi connectivity index (χ3v) is 3.91. The number of ether oxygens (including phenoxy) is 3. The molecule has 6 heteroatoms. The first kappa shape index (κ1) is 17.6. The van der Waals surface area contributed by atoms with Gasteiger partial charge in [-0.3, -0.25) is 9.48 Å². The number of carbonyl (C=O) groups excluding carboxylic acids is 1. The van der Waals surface area contributed by atoms with Crippen molar-refractivity contribution in [2.75, 3.05) is 21.3 Å². The molecule has 0 aliphatic carbocycles. The topological polar surface area (TPSA) is 62.6 Å². The molecule has 0 radical (unpaired) electrons. The van der Waals surface area contributed by atoms with Crippen molar-refractivity contribution in [1.29, 1.82) is 0 Å². The molecule has 0 aliphatic rings. The zero-order valence-electron chi connectivity index (χ0n) is 14.8. The van der Waals surface area contributed by atoms with Gasteiger partial charge in [0.05, 0.1) is 32.6 Å². The fourth-order valence-corrected chi connectivity index (χ4v) is 2.56. The van der Waals surface area contributed by atoms with E-state index in [1.54, 1.807) is 44.2 Å². The number of allylic oxidation sites excluding steroid dienone is 1. The summed E-state index contributed by atoms with van der Waals surface area (Å²) < 4.78 is 17.6. The van der Waals surface area contributed by atoms with Gasteiger partial charge in [0.1, 0.15) is 5.75 Å². The standard InChI is InChI=1S/C18H22N2O4/c1-11-18(12(2)20(3)19-11)14(21)8-7-13-9-16(23-5)17(24-6)10-15(13)22-4/h7-10H,1-6H3.